The van der Waals surface area contributed by atoms with Crippen LogP contribution in [-0.4, -0.2) is 67.8 Å². The Morgan fingerprint density at radius 1 is 0.810 bits per heavy atom. The Labute approximate surface area is 123 Å². The van der Waals surface area contributed by atoms with E-state index in [2.05, 4.69) is 0 Å². The predicted octanol–water partition coefficient (Wildman–Crippen LogP) is -1.36. The summed E-state index contributed by atoms with van der Waals surface area (Å²) in [5.74, 6) is 0. The zero-order valence-electron chi connectivity index (χ0n) is 12.2. The minimum atomic E-state index is -1.76. The lowest BCUT2D eigenvalue weighted by molar-refractivity contribution is -0.139. The molecule has 6 heteroatoms. The number of hydrogen-bond acceptors (Lipinski definition) is 6. The molecule has 0 amide bonds. The molecule has 0 aliphatic heterocycles. The van der Waals surface area contributed by atoms with Gasteiger partial charge in [-0.15, -0.1) is 0 Å². The van der Waals surface area contributed by atoms with Gasteiger partial charge in [0.15, 0.2) is 0 Å². The van der Waals surface area contributed by atoms with E-state index in [1.165, 1.54) is 0 Å². The summed E-state index contributed by atoms with van der Waals surface area (Å²) in [6.45, 7) is 3.14. The third kappa shape index (κ3) is 4.74. The van der Waals surface area contributed by atoms with Gasteiger partial charge in [0, 0.05) is 6.42 Å². The van der Waals surface area contributed by atoms with E-state index < -0.39 is 37.1 Å². The van der Waals surface area contributed by atoms with Gasteiger partial charge in [0.05, 0.1) is 12.7 Å². The lowest BCUT2D eigenvalue weighted by Crippen LogP contribution is -2.50. The normalized spacial score (nSPS) is 18.9. The molecule has 0 spiro atoms. The third-order valence-corrected chi connectivity index (χ3v) is 3.69. The molecule has 120 valence electrons. The Morgan fingerprint density at radius 3 is 1.90 bits per heavy atom. The molecule has 0 saturated heterocycles. The van der Waals surface area contributed by atoms with Crippen molar-refractivity contribution in [2.45, 2.75) is 50.8 Å². The van der Waals surface area contributed by atoms with Gasteiger partial charge in [-0.2, -0.15) is 0 Å². The molecule has 0 aliphatic carbocycles. The first-order valence-electron chi connectivity index (χ1n) is 6.85. The molecule has 0 radical (unpaired) electrons. The summed E-state index contributed by atoms with van der Waals surface area (Å²) in [6, 6.07) is 5.57. The summed E-state index contributed by atoms with van der Waals surface area (Å²) in [6.07, 6.45) is -7.91. The van der Waals surface area contributed by atoms with E-state index in [9.17, 15) is 25.5 Å². The molecule has 1 rings (SSSR count). The van der Waals surface area contributed by atoms with Gasteiger partial charge in [0.25, 0.3) is 0 Å². The van der Waals surface area contributed by atoms with E-state index in [0.29, 0.717) is 0 Å². The van der Waals surface area contributed by atoms with Gasteiger partial charge in [-0.05, 0) is 30.5 Å². The first kappa shape index (κ1) is 18.0. The highest BCUT2D eigenvalue weighted by Crippen LogP contribution is 2.15. The summed E-state index contributed by atoms with van der Waals surface area (Å²) in [5, 5.41) is 56.9. The van der Waals surface area contributed by atoms with Crippen LogP contribution in [-0.2, 0) is 6.42 Å². The molecule has 1 aromatic carbocycles. The topological polar surface area (TPSA) is 121 Å². The number of aliphatic hydroxyl groups excluding tert-OH is 6. The van der Waals surface area contributed by atoms with Crippen molar-refractivity contribution in [2.24, 2.45) is 0 Å². The average Bonchev–Trinajstić information content (AvgIpc) is 2.47. The quantitative estimate of drug-likeness (QED) is 0.370. The average molecular weight is 300 g/mol. The van der Waals surface area contributed by atoms with Crippen molar-refractivity contribution in [3.05, 3.63) is 34.9 Å². The van der Waals surface area contributed by atoms with Crippen molar-refractivity contribution in [1.82, 2.24) is 0 Å². The molecular weight excluding hydrogens is 276 g/mol. The Bertz CT molecular complexity index is 450. The van der Waals surface area contributed by atoms with Crippen molar-refractivity contribution >= 4 is 0 Å². The molecular formula is C15H24O6. The lowest BCUT2D eigenvalue weighted by Gasteiger charge is -2.28. The van der Waals surface area contributed by atoms with E-state index in [1.807, 2.05) is 32.0 Å². The first-order chi connectivity index (χ1) is 9.77. The number of aryl methyl sites for hydroxylation is 2. The maximum absolute atomic E-state index is 9.94. The van der Waals surface area contributed by atoms with Crippen molar-refractivity contribution < 1.29 is 30.6 Å². The Morgan fingerprint density at radius 2 is 1.38 bits per heavy atom. The van der Waals surface area contributed by atoms with Crippen LogP contribution in [0.1, 0.15) is 16.7 Å². The number of benzene rings is 1. The molecule has 0 fully saturated rings. The zero-order chi connectivity index (χ0) is 16.2. The smallest absolute Gasteiger partial charge is 0.111 e. The van der Waals surface area contributed by atoms with Crippen LogP contribution in [0.15, 0.2) is 18.2 Å². The molecule has 0 bridgehead atoms. The largest absolute Gasteiger partial charge is 0.394 e. The lowest BCUT2D eigenvalue weighted by atomic mass is 9.94. The fourth-order valence-electron chi connectivity index (χ4n) is 2.06. The van der Waals surface area contributed by atoms with Gasteiger partial charge in [-0.3, -0.25) is 0 Å². The molecule has 1 aromatic rings. The van der Waals surface area contributed by atoms with Gasteiger partial charge < -0.3 is 30.6 Å². The molecule has 0 aliphatic rings. The first-order valence-corrected chi connectivity index (χ1v) is 6.85. The highest BCUT2D eigenvalue weighted by atomic mass is 16.4. The minimum absolute atomic E-state index is 0.0985. The fourth-order valence-corrected chi connectivity index (χ4v) is 2.06. The second kappa shape index (κ2) is 7.84. The number of hydrogen-bond donors (Lipinski definition) is 6. The van der Waals surface area contributed by atoms with E-state index >= 15 is 0 Å². The van der Waals surface area contributed by atoms with Crippen molar-refractivity contribution in [3.63, 3.8) is 0 Å². The molecule has 5 atom stereocenters. The van der Waals surface area contributed by atoms with Gasteiger partial charge >= 0.3 is 0 Å². The molecule has 6 N–H and O–H groups in total. The summed E-state index contributed by atoms with van der Waals surface area (Å²) in [7, 11) is 0. The van der Waals surface area contributed by atoms with Gasteiger partial charge in [-0.1, -0.05) is 18.2 Å². The minimum Gasteiger partial charge on any atom is -0.394 e. The second-order valence-corrected chi connectivity index (χ2v) is 5.41. The summed E-state index contributed by atoms with van der Waals surface area (Å²) < 4.78 is 0. The van der Waals surface area contributed by atoms with Crippen LogP contribution in [0.3, 0.4) is 0 Å². The maximum atomic E-state index is 9.94. The van der Waals surface area contributed by atoms with Gasteiger partial charge in [-0.25, -0.2) is 0 Å². The Balaban J connectivity index is 2.69. The monoisotopic (exact) mass is 300 g/mol. The van der Waals surface area contributed by atoms with Crippen molar-refractivity contribution in [3.8, 4) is 0 Å². The van der Waals surface area contributed by atoms with E-state index in [1.54, 1.807) is 0 Å². The predicted molar refractivity (Wildman–Crippen MR) is 76.7 cm³/mol. The maximum Gasteiger partial charge on any atom is 0.111 e. The number of aliphatic hydroxyl groups is 6. The number of rotatable bonds is 7. The fraction of sp³-hybridized carbons (Fsp3) is 0.600. The van der Waals surface area contributed by atoms with Gasteiger partial charge in [0.2, 0.25) is 0 Å². The van der Waals surface area contributed by atoms with Gasteiger partial charge in [0.1, 0.15) is 24.4 Å². The highest BCUT2D eigenvalue weighted by molar-refractivity contribution is 5.30. The summed E-state index contributed by atoms with van der Waals surface area (Å²) in [4.78, 5) is 0. The van der Waals surface area contributed by atoms with Crippen molar-refractivity contribution in [2.75, 3.05) is 6.61 Å². The zero-order valence-corrected chi connectivity index (χ0v) is 12.2. The Hall–Kier alpha value is -1.02. The summed E-state index contributed by atoms with van der Waals surface area (Å²) in [5.41, 5.74) is 2.94. The van der Waals surface area contributed by atoms with E-state index in [4.69, 9.17) is 5.11 Å². The van der Waals surface area contributed by atoms with Crippen LogP contribution in [0, 0.1) is 13.8 Å². The van der Waals surface area contributed by atoms with Crippen LogP contribution < -0.4 is 0 Å². The Kier molecular flexibility index (Phi) is 6.73. The highest BCUT2D eigenvalue weighted by Gasteiger charge is 2.33. The van der Waals surface area contributed by atoms with Crippen LogP contribution in [0.2, 0.25) is 0 Å². The molecule has 0 aromatic heterocycles. The third-order valence-electron chi connectivity index (χ3n) is 3.69. The van der Waals surface area contributed by atoms with Crippen molar-refractivity contribution in [1.29, 1.82) is 0 Å². The molecule has 21 heavy (non-hydrogen) atoms. The van der Waals surface area contributed by atoms with Crippen LogP contribution >= 0.6 is 0 Å². The van der Waals surface area contributed by atoms with Crippen LogP contribution in [0.4, 0.5) is 0 Å². The standard InChI is InChI=1S/C15H24O6/c1-8-3-4-10(5-9(8)2)6-11(17)13(19)15(21)14(20)12(18)7-16/h3-5,11-21H,6-7H2,1-2H3/t11?,12-,13+,14-,15-/m1/s1. The molecule has 1 unspecified atom stereocenters. The molecule has 0 saturated carbocycles. The molecule has 6 nitrogen and oxygen atoms in total. The van der Waals surface area contributed by atoms with E-state index in [0.717, 1.165) is 16.7 Å². The summed E-state index contributed by atoms with van der Waals surface area (Å²) >= 11 is 0. The van der Waals surface area contributed by atoms with Crippen LogP contribution in [0.25, 0.3) is 0 Å². The molecule has 0 heterocycles. The SMILES string of the molecule is Cc1ccc(CC(O)[C@H](O)[C@@H](O)[C@H](O)[C@H](O)CO)cc1C. The van der Waals surface area contributed by atoms with Crippen LogP contribution in [0.5, 0.6) is 0 Å². The van der Waals surface area contributed by atoms with E-state index in [-0.39, 0.29) is 6.42 Å². The second-order valence-electron chi connectivity index (χ2n) is 5.41.